The molecule has 17 heavy (non-hydrogen) atoms. The monoisotopic (exact) mass is 260 g/mol. The molecule has 0 saturated heterocycles. The predicted molar refractivity (Wildman–Crippen MR) is 54.6 cm³/mol. The molecular weight excluding hydrogens is 254 g/mol. The van der Waals surface area contributed by atoms with Crippen molar-refractivity contribution in [2.75, 3.05) is 7.11 Å². The van der Waals surface area contributed by atoms with E-state index in [0.29, 0.717) is 0 Å². The Balaban J connectivity index is 3.21. The highest BCUT2D eigenvalue weighted by molar-refractivity contribution is 6.31. The van der Waals surface area contributed by atoms with E-state index in [4.69, 9.17) is 16.9 Å². The molecule has 0 radical (unpaired) electrons. The summed E-state index contributed by atoms with van der Waals surface area (Å²) in [6.07, 6.45) is -3.22. The number of nitriles is 1. The van der Waals surface area contributed by atoms with Crippen molar-refractivity contribution in [2.45, 2.75) is 12.8 Å². The number of methoxy groups -OCH3 is 1. The van der Waals surface area contributed by atoms with Crippen molar-refractivity contribution in [1.82, 2.24) is 4.98 Å². The maximum atomic E-state index is 12.6. The Bertz CT molecular complexity index is 486. The Labute approximate surface area is 101 Å². The smallest absolute Gasteiger partial charge is 0.311 e. The first-order valence-corrected chi connectivity index (χ1v) is 4.81. The van der Waals surface area contributed by atoms with Gasteiger partial charge in [-0.1, -0.05) is 11.6 Å². The first kappa shape index (κ1) is 13.3. The summed E-state index contributed by atoms with van der Waals surface area (Å²) in [5.41, 5.74) is -1.03. The second kappa shape index (κ2) is 5.55. The minimum absolute atomic E-state index is 0.0173. The van der Waals surface area contributed by atoms with Gasteiger partial charge < -0.3 is 4.74 Å². The number of hydrogen-bond acceptors (Lipinski definition) is 4. The molecule has 0 aromatic carbocycles. The number of esters is 1. The molecule has 0 atom stereocenters. The lowest BCUT2D eigenvalue weighted by Crippen LogP contribution is -2.09. The summed E-state index contributed by atoms with van der Waals surface area (Å²) in [7, 11) is 1.16. The molecule has 90 valence electrons. The van der Waals surface area contributed by atoms with Gasteiger partial charge in [0.05, 0.1) is 29.8 Å². The fourth-order valence-corrected chi connectivity index (χ4v) is 1.35. The summed E-state index contributed by atoms with van der Waals surface area (Å²) in [5.74, 6) is -0.649. The minimum Gasteiger partial charge on any atom is -0.469 e. The largest absolute Gasteiger partial charge is 0.469 e. The highest BCUT2D eigenvalue weighted by Gasteiger charge is 2.19. The Morgan fingerprint density at radius 1 is 1.71 bits per heavy atom. The highest BCUT2D eigenvalue weighted by Crippen LogP contribution is 2.25. The summed E-state index contributed by atoms with van der Waals surface area (Å²) < 4.78 is 29.5. The Kier molecular flexibility index (Phi) is 4.35. The van der Waals surface area contributed by atoms with Crippen molar-refractivity contribution in [3.63, 3.8) is 0 Å². The van der Waals surface area contributed by atoms with Gasteiger partial charge in [0.25, 0.3) is 6.43 Å². The van der Waals surface area contributed by atoms with Crippen molar-refractivity contribution in [1.29, 1.82) is 5.26 Å². The second-order valence-electron chi connectivity index (χ2n) is 3.02. The van der Waals surface area contributed by atoms with E-state index in [1.54, 1.807) is 6.07 Å². The van der Waals surface area contributed by atoms with Crippen LogP contribution in [0.2, 0.25) is 5.02 Å². The minimum atomic E-state index is -2.90. The molecule has 1 rings (SSSR count). The first-order chi connectivity index (χ1) is 7.99. The van der Waals surface area contributed by atoms with Gasteiger partial charge in [0.1, 0.15) is 11.8 Å². The zero-order valence-corrected chi connectivity index (χ0v) is 9.46. The summed E-state index contributed by atoms with van der Waals surface area (Å²) in [5, 5.41) is 8.62. The van der Waals surface area contributed by atoms with Crippen LogP contribution in [0.1, 0.15) is 23.4 Å². The molecular formula is C10H7ClF2N2O2. The van der Waals surface area contributed by atoms with Gasteiger partial charge in [0.15, 0.2) is 0 Å². The lowest BCUT2D eigenvalue weighted by atomic mass is 10.1. The number of aromatic nitrogens is 1. The fraction of sp³-hybridized carbons (Fsp3) is 0.300. The Hall–Kier alpha value is -1.74. The van der Waals surface area contributed by atoms with Crippen molar-refractivity contribution in [3.8, 4) is 6.07 Å². The van der Waals surface area contributed by atoms with Crippen LogP contribution < -0.4 is 0 Å². The predicted octanol–water partition coefficient (Wildman–Crippen LogP) is 2.26. The van der Waals surface area contributed by atoms with Gasteiger partial charge in [0.2, 0.25) is 0 Å². The van der Waals surface area contributed by atoms with E-state index >= 15 is 0 Å². The van der Waals surface area contributed by atoms with Crippen LogP contribution in [-0.2, 0) is 16.0 Å². The van der Waals surface area contributed by atoms with Gasteiger partial charge in [-0.05, 0) is 6.07 Å². The molecule has 0 N–H and O–H groups in total. The molecule has 7 heteroatoms. The summed E-state index contributed by atoms with van der Waals surface area (Å²) in [6, 6.07) is 2.63. The number of rotatable bonds is 3. The molecule has 0 unspecified atom stereocenters. The van der Waals surface area contributed by atoms with Crippen LogP contribution in [-0.4, -0.2) is 18.1 Å². The third kappa shape index (κ3) is 3.11. The van der Waals surface area contributed by atoms with Crippen molar-refractivity contribution < 1.29 is 18.3 Å². The SMILES string of the molecule is COC(=O)Cc1nc(C(F)F)c(C#N)cc1Cl. The molecule has 1 heterocycles. The molecule has 0 aliphatic heterocycles. The molecule has 1 aromatic rings. The lowest BCUT2D eigenvalue weighted by molar-refractivity contribution is -0.139. The van der Waals surface area contributed by atoms with Gasteiger partial charge in [-0.2, -0.15) is 5.26 Å². The summed E-state index contributed by atoms with van der Waals surface area (Å²) in [4.78, 5) is 14.5. The molecule has 4 nitrogen and oxygen atoms in total. The maximum absolute atomic E-state index is 12.6. The standard InChI is InChI=1S/C10H7ClF2N2O2/c1-17-8(16)3-7-6(11)2-5(4-14)9(15-7)10(12)13/h2,10H,3H2,1H3. The van der Waals surface area contributed by atoms with Gasteiger partial charge in [0, 0.05) is 0 Å². The quantitative estimate of drug-likeness (QED) is 0.782. The highest BCUT2D eigenvalue weighted by atomic mass is 35.5. The van der Waals surface area contributed by atoms with Crippen molar-refractivity contribution in [3.05, 3.63) is 28.0 Å². The molecule has 0 fully saturated rings. The Morgan fingerprint density at radius 3 is 2.82 bits per heavy atom. The molecule has 0 amide bonds. The third-order valence-electron chi connectivity index (χ3n) is 1.94. The fourth-order valence-electron chi connectivity index (χ4n) is 1.13. The average Bonchev–Trinajstić information content (AvgIpc) is 2.30. The van der Waals surface area contributed by atoms with E-state index < -0.39 is 18.1 Å². The van der Waals surface area contributed by atoms with Crippen LogP contribution in [0.15, 0.2) is 6.07 Å². The summed E-state index contributed by atoms with van der Waals surface area (Å²) in [6.45, 7) is 0. The van der Waals surface area contributed by atoms with Crippen LogP contribution >= 0.6 is 11.6 Å². The van der Waals surface area contributed by atoms with Crippen LogP contribution in [0.3, 0.4) is 0 Å². The van der Waals surface area contributed by atoms with Gasteiger partial charge >= 0.3 is 5.97 Å². The molecule has 0 saturated carbocycles. The van der Waals surface area contributed by atoms with E-state index in [-0.39, 0.29) is 22.7 Å². The number of carbonyl (C=O) groups excluding carboxylic acids is 1. The van der Waals surface area contributed by atoms with E-state index in [9.17, 15) is 13.6 Å². The van der Waals surface area contributed by atoms with E-state index in [1.807, 2.05) is 0 Å². The van der Waals surface area contributed by atoms with Crippen LogP contribution in [0, 0.1) is 11.3 Å². The van der Waals surface area contributed by atoms with E-state index in [0.717, 1.165) is 13.2 Å². The number of hydrogen-bond donors (Lipinski definition) is 0. The Morgan fingerprint density at radius 2 is 2.35 bits per heavy atom. The zero-order valence-electron chi connectivity index (χ0n) is 8.71. The molecule has 0 bridgehead atoms. The van der Waals surface area contributed by atoms with Crippen LogP contribution in [0.25, 0.3) is 0 Å². The van der Waals surface area contributed by atoms with Gasteiger partial charge in [-0.15, -0.1) is 0 Å². The molecule has 0 aliphatic carbocycles. The number of nitrogens with zero attached hydrogens (tertiary/aromatic N) is 2. The number of halogens is 3. The summed E-state index contributed by atoms with van der Waals surface area (Å²) >= 11 is 5.72. The first-order valence-electron chi connectivity index (χ1n) is 4.44. The van der Waals surface area contributed by atoms with Crippen LogP contribution in [0.5, 0.6) is 0 Å². The molecule has 0 aliphatic rings. The number of carbonyl (C=O) groups is 1. The van der Waals surface area contributed by atoms with Crippen LogP contribution in [0.4, 0.5) is 8.78 Å². The van der Waals surface area contributed by atoms with E-state index in [2.05, 4.69) is 9.72 Å². The lowest BCUT2D eigenvalue weighted by Gasteiger charge is -2.07. The topological polar surface area (TPSA) is 63.0 Å². The molecule has 0 spiro atoms. The zero-order chi connectivity index (χ0) is 13.0. The number of pyridine rings is 1. The van der Waals surface area contributed by atoms with Gasteiger partial charge in [-0.25, -0.2) is 13.8 Å². The third-order valence-corrected chi connectivity index (χ3v) is 2.27. The molecule has 1 aromatic heterocycles. The van der Waals surface area contributed by atoms with Gasteiger partial charge in [-0.3, -0.25) is 4.79 Å². The second-order valence-corrected chi connectivity index (χ2v) is 3.42. The number of ether oxygens (including phenoxy) is 1. The number of alkyl halides is 2. The maximum Gasteiger partial charge on any atom is 0.311 e. The van der Waals surface area contributed by atoms with Crippen molar-refractivity contribution >= 4 is 17.6 Å². The average molecular weight is 261 g/mol. The van der Waals surface area contributed by atoms with Crippen molar-refractivity contribution in [2.24, 2.45) is 0 Å². The van der Waals surface area contributed by atoms with E-state index in [1.165, 1.54) is 0 Å². The normalized spacial score (nSPS) is 10.1.